The Morgan fingerprint density at radius 2 is 2.40 bits per heavy atom. The van der Waals surface area contributed by atoms with Crippen LogP contribution in [0, 0.1) is 17.0 Å². The number of rotatable bonds is 4. The van der Waals surface area contributed by atoms with Gasteiger partial charge in [0.25, 0.3) is 5.69 Å². The number of aromatic nitrogens is 1. The molecule has 0 bridgehead atoms. The van der Waals surface area contributed by atoms with Crippen LogP contribution in [0.15, 0.2) is 12.3 Å². The van der Waals surface area contributed by atoms with E-state index in [9.17, 15) is 10.1 Å². The zero-order valence-electron chi connectivity index (χ0n) is 11.9. The average Bonchev–Trinajstić information content (AvgIpc) is 2.36. The lowest BCUT2D eigenvalue weighted by Gasteiger charge is -2.36. The first-order valence-corrected chi connectivity index (χ1v) is 6.50. The standard InChI is InChI=1S/C13H19N3O4/c1-9-4-10(16(17)18)5-15-12(9)19-7-11-6-14-8-13(2,3)20-11/h4-5,11,14H,6-8H2,1-3H3. The molecule has 20 heavy (non-hydrogen) atoms. The molecule has 1 aromatic rings. The second-order valence-corrected chi connectivity index (χ2v) is 5.51. The van der Waals surface area contributed by atoms with Crippen LogP contribution in [0.3, 0.4) is 0 Å². The summed E-state index contributed by atoms with van der Waals surface area (Å²) in [4.78, 5) is 14.1. The highest BCUT2D eigenvalue weighted by Gasteiger charge is 2.28. The minimum absolute atomic E-state index is 0.0356. The Kier molecular flexibility index (Phi) is 4.20. The molecule has 0 aromatic carbocycles. The van der Waals surface area contributed by atoms with E-state index in [0.717, 1.165) is 13.1 Å². The molecule has 1 fully saturated rings. The molecule has 0 radical (unpaired) electrons. The van der Waals surface area contributed by atoms with Crippen LogP contribution in [-0.4, -0.2) is 41.3 Å². The first kappa shape index (κ1) is 14.7. The van der Waals surface area contributed by atoms with Crippen LogP contribution in [-0.2, 0) is 4.74 Å². The Labute approximate surface area is 117 Å². The summed E-state index contributed by atoms with van der Waals surface area (Å²) >= 11 is 0. The molecule has 2 heterocycles. The fourth-order valence-electron chi connectivity index (χ4n) is 2.13. The molecule has 110 valence electrons. The monoisotopic (exact) mass is 281 g/mol. The topological polar surface area (TPSA) is 86.5 Å². The van der Waals surface area contributed by atoms with Gasteiger partial charge in [-0.25, -0.2) is 4.98 Å². The van der Waals surface area contributed by atoms with E-state index in [4.69, 9.17) is 9.47 Å². The number of nitro groups is 1. The zero-order valence-corrected chi connectivity index (χ0v) is 11.9. The van der Waals surface area contributed by atoms with Crippen molar-refractivity contribution >= 4 is 5.69 Å². The summed E-state index contributed by atoms with van der Waals surface area (Å²) in [5, 5.41) is 13.9. The van der Waals surface area contributed by atoms with Gasteiger partial charge < -0.3 is 14.8 Å². The summed E-state index contributed by atoms with van der Waals surface area (Å²) in [5.74, 6) is 0.405. The normalized spacial score (nSPS) is 21.4. The lowest BCUT2D eigenvalue weighted by molar-refractivity contribution is -0.385. The van der Waals surface area contributed by atoms with Crippen molar-refractivity contribution in [2.24, 2.45) is 0 Å². The molecule has 1 saturated heterocycles. The molecular weight excluding hydrogens is 262 g/mol. The van der Waals surface area contributed by atoms with Crippen molar-refractivity contribution in [2.75, 3.05) is 19.7 Å². The highest BCUT2D eigenvalue weighted by molar-refractivity contribution is 5.36. The van der Waals surface area contributed by atoms with Crippen molar-refractivity contribution in [2.45, 2.75) is 32.5 Å². The molecule has 7 heteroatoms. The predicted molar refractivity (Wildman–Crippen MR) is 72.9 cm³/mol. The largest absolute Gasteiger partial charge is 0.475 e. The Balaban J connectivity index is 1.95. The number of aryl methyl sites for hydroxylation is 1. The van der Waals surface area contributed by atoms with Gasteiger partial charge >= 0.3 is 0 Å². The van der Waals surface area contributed by atoms with E-state index in [2.05, 4.69) is 10.3 Å². The van der Waals surface area contributed by atoms with E-state index in [1.807, 2.05) is 13.8 Å². The summed E-state index contributed by atoms with van der Waals surface area (Å²) in [7, 11) is 0. The third kappa shape index (κ3) is 3.64. The minimum Gasteiger partial charge on any atom is -0.475 e. The Hall–Kier alpha value is -1.73. The maximum Gasteiger partial charge on any atom is 0.288 e. The van der Waals surface area contributed by atoms with Gasteiger partial charge in [0.15, 0.2) is 0 Å². The molecule has 1 aliphatic rings. The summed E-state index contributed by atoms with van der Waals surface area (Å²) in [6.45, 7) is 7.65. The fraction of sp³-hybridized carbons (Fsp3) is 0.615. The Morgan fingerprint density at radius 3 is 3.00 bits per heavy atom. The number of hydrogen-bond donors (Lipinski definition) is 1. The minimum atomic E-state index is -0.472. The van der Waals surface area contributed by atoms with Crippen molar-refractivity contribution in [1.29, 1.82) is 0 Å². The van der Waals surface area contributed by atoms with Crippen molar-refractivity contribution in [3.8, 4) is 5.88 Å². The number of morpholine rings is 1. The van der Waals surface area contributed by atoms with Crippen molar-refractivity contribution in [3.63, 3.8) is 0 Å². The molecule has 1 aliphatic heterocycles. The molecule has 2 rings (SSSR count). The van der Waals surface area contributed by atoms with Gasteiger partial charge in [0.05, 0.1) is 10.5 Å². The van der Waals surface area contributed by atoms with E-state index < -0.39 is 4.92 Å². The van der Waals surface area contributed by atoms with Gasteiger partial charge in [-0.15, -0.1) is 0 Å². The van der Waals surface area contributed by atoms with Gasteiger partial charge in [-0.05, 0) is 20.8 Å². The highest BCUT2D eigenvalue weighted by atomic mass is 16.6. The molecule has 1 unspecified atom stereocenters. The van der Waals surface area contributed by atoms with Gasteiger partial charge in [0.2, 0.25) is 5.88 Å². The maximum absolute atomic E-state index is 10.6. The van der Waals surface area contributed by atoms with Crippen LogP contribution in [0.4, 0.5) is 5.69 Å². The van der Waals surface area contributed by atoms with Crippen LogP contribution in [0.2, 0.25) is 0 Å². The molecule has 0 saturated carbocycles. The second-order valence-electron chi connectivity index (χ2n) is 5.51. The fourth-order valence-corrected chi connectivity index (χ4v) is 2.13. The molecule has 0 amide bonds. The van der Waals surface area contributed by atoms with Crippen LogP contribution in [0.1, 0.15) is 19.4 Å². The van der Waals surface area contributed by atoms with Crippen LogP contribution in [0.5, 0.6) is 5.88 Å². The van der Waals surface area contributed by atoms with Crippen LogP contribution < -0.4 is 10.1 Å². The number of nitrogens with one attached hydrogen (secondary N) is 1. The molecule has 0 spiro atoms. The van der Waals surface area contributed by atoms with E-state index in [0.29, 0.717) is 18.1 Å². The van der Waals surface area contributed by atoms with Gasteiger partial charge in [0, 0.05) is 24.7 Å². The van der Waals surface area contributed by atoms with Crippen LogP contribution >= 0.6 is 0 Å². The van der Waals surface area contributed by atoms with Crippen molar-refractivity contribution in [1.82, 2.24) is 10.3 Å². The number of nitrogens with zero attached hydrogens (tertiary/aromatic N) is 2. The Morgan fingerprint density at radius 1 is 1.65 bits per heavy atom. The predicted octanol–water partition coefficient (Wildman–Crippen LogP) is 1.44. The molecular formula is C13H19N3O4. The SMILES string of the molecule is Cc1cc([N+](=O)[O-])cnc1OCC1CNCC(C)(C)O1. The number of hydrogen-bond acceptors (Lipinski definition) is 6. The van der Waals surface area contributed by atoms with Gasteiger partial charge in [-0.3, -0.25) is 10.1 Å². The van der Waals surface area contributed by atoms with E-state index in [1.54, 1.807) is 6.92 Å². The van der Waals surface area contributed by atoms with Crippen molar-refractivity contribution < 1.29 is 14.4 Å². The van der Waals surface area contributed by atoms with E-state index >= 15 is 0 Å². The third-order valence-electron chi connectivity index (χ3n) is 3.04. The summed E-state index contributed by atoms with van der Waals surface area (Å²) in [5.41, 5.74) is 0.387. The first-order chi connectivity index (χ1) is 9.37. The zero-order chi connectivity index (χ0) is 14.8. The van der Waals surface area contributed by atoms with Gasteiger partial charge in [-0.1, -0.05) is 0 Å². The van der Waals surface area contributed by atoms with Crippen LogP contribution in [0.25, 0.3) is 0 Å². The smallest absolute Gasteiger partial charge is 0.288 e. The number of ether oxygens (including phenoxy) is 2. The molecule has 1 N–H and O–H groups in total. The highest BCUT2D eigenvalue weighted by Crippen LogP contribution is 2.21. The van der Waals surface area contributed by atoms with Gasteiger partial charge in [0.1, 0.15) is 18.9 Å². The quantitative estimate of drug-likeness (QED) is 0.664. The third-order valence-corrected chi connectivity index (χ3v) is 3.04. The van der Waals surface area contributed by atoms with Gasteiger partial charge in [-0.2, -0.15) is 0 Å². The lowest BCUT2D eigenvalue weighted by atomic mass is 10.1. The molecule has 7 nitrogen and oxygen atoms in total. The Bertz CT molecular complexity index is 504. The van der Waals surface area contributed by atoms with Crippen molar-refractivity contribution in [3.05, 3.63) is 27.9 Å². The number of pyridine rings is 1. The second kappa shape index (κ2) is 5.72. The summed E-state index contributed by atoms with van der Waals surface area (Å²) in [6.07, 6.45) is 1.14. The average molecular weight is 281 g/mol. The lowest BCUT2D eigenvalue weighted by Crippen LogP contribution is -2.52. The molecule has 1 aromatic heterocycles. The van der Waals surface area contributed by atoms with E-state index in [1.165, 1.54) is 12.3 Å². The first-order valence-electron chi connectivity index (χ1n) is 6.50. The molecule has 1 atom stereocenters. The maximum atomic E-state index is 10.6. The summed E-state index contributed by atoms with van der Waals surface area (Å²) in [6, 6.07) is 1.45. The van der Waals surface area contributed by atoms with E-state index in [-0.39, 0.29) is 17.4 Å². The summed E-state index contributed by atoms with van der Waals surface area (Å²) < 4.78 is 11.5. The molecule has 0 aliphatic carbocycles.